The SMILES string of the molecule is CC(=NNc1ccccc1C(F)(F)F)c1cccc(Cl)c1. The molecule has 6 heteroatoms. The Kier molecular flexibility index (Phi) is 4.53. The average Bonchev–Trinajstić information content (AvgIpc) is 2.44. The lowest BCUT2D eigenvalue weighted by atomic mass is 10.1. The van der Waals surface area contributed by atoms with E-state index in [9.17, 15) is 13.2 Å². The molecule has 0 unspecified atom stereocenters. The molecule has 2 rings (SSSR count). The molecule has 0 saturated carbocycles. The summed E-state index contributed by atoms with van der Waals surface area (Å²) < 4.78 is 38.5. The lowest BCUT2D eigenvalue weighted by Crippen LogP contribution is -2.09. The zero-order chi connectivity index (χ0) is 15.5. The van der Waals surface area contributed by atoms with Crippen molar-refractivity contribution in [2.45, 2.75) is 13.1 Å². The number of hydrogen-bond acceptors (Lipinski definition) is 2. The summed E-state index contributed by atoms with van der Waals surface area (Å²) in [5.41, 5.74) is 2.89. The molecule has 0 aliphatic heterocycles. The zero-order valence-electron chi connectivity index (χ0n) is 11.1. The number of halogens is 4. The van der Waals surface area contributed by atoms with Crippen LogP contribution in [-0.2, 0) is 6.18 Å². The molecule has 21 heavy (non-hydrogen) atoms. The fourth-order valence-corrected chi connectivity index (χ4v) is 1.94. The van der Waals surface area contributed by atoms with Crippen LogP contribution in [0.25, 0.3) is 0 Å². The molecule has 2 aromatic rings. The lowest BCUT2D eigenvalue weighted by Gasteiger charge is -2.12. The molecule has 0 saturated heterocycles. The number of hydrogen-bond donors (Lipinski definition) is 1. The van der Waals surface area contributed by atoms with Crippen LogP contribution in [0, 0.1) is 0 Å². The van der Waals surface area contributed by atoms with Crippen LogP contribution in [0.4, 0.5) is 18.9 Å². The van der Waals surface area contributed by atoms with Crippen LogP contribution in [0.15, 0.2) is 53.6 Å². The van der Waals surface area contributed by atoms with E-state index in [1.165, 1.54) is 18.2 Å². The Morgan fingerprint density at radius 1 is 1.10 bits per heavy atom. The first kappa shape index (κ1) is 15.4. The molecule has 0 aliphatic carbocycles. The Morgan fingerprint density at radius 3 is 2.48 bits per heavy atom. The third-order valence-electron chi connectivity index (χ3n) is 2.82. The average molecular weight is 313 g/mol. The fourth-order valence-electron chi connectivity index (χ4n) is 1.75. The first-order valence-electron chi connectivity index (χ1n) is 6.10. The molecule has 0 aromatic heterocycles. The van der Waals surface area contributed by atoms with Crippen molar-refractivity contribution in [1.29, 1.82) is 0 Å². The lowest BCUT2D eigenvalue weighted by molar-refractivity contribution is -0.136. The first-order chi connectivity index (χ1) is 9.88. The summed E-state index contributed by atoms with van der Waals surface area (Å²) in [4.78, 5) is 0. The molecule has 2 aromatic carbocycles. The number of alkyl halides is 3. The topological polar surface area (TPSA) is 24.4 Å². The summed E-state index contributed by atoms with van der Waals surface area (Å²) >= 11 is 5.87. The molecule has 0 spiro atoms. The molecule has 0 radical (unpaired) electrons. The van der Waals surface area contributed by atoms with E-state index in [0.29, 0.717) is 10.7 Å². The molecule has 0 heterocycles. The van der Waals surface area contributed by atoms with Gasteiger partial charge in [-0.05, 0) is 36.8 Å². The van der Waals surface area contributed by atoms with Crippen molar-refractivity contribution in [3.8, 4) is 0 Å². The van der Waals surface area contributed by atoms with E-state index in [1.807, 2.05) is 0 Å². The van der Waals surface area contributed by atoms with Gasteiger partial charge in [0.15, 0.2) is 0 Å². The van der Waals surface area contributed by atoms with Crippen molar-refractivity contribution in [3.63, 3.8) is 0 Å². The van der Waals surface area contributed by atoms with Crippen LogP contribution in [-0.4, -0.2) is 5.71 Å². The number of para-hydroxylation sites is 1. The fraction of sp³-hybridized carbons (Fsp3) is 0.133. The first-order valence-corrected chi connectivity index (χ1v) is 6.48. The maximum atomic E-state index is 12.8. The second kappa shape index (κ2) is 6.18. The number of nitrogens with one attached hydrogen (secondary N) is 1. The van der Waals surface area contributed by atoms with E-state index >= 15 is 0 Å². The molecule has 0 fully saturated rings. The minimum atomic E-state index is -4.43. The minimum absolute atomic E-state index is 0.0913. The Hall–Kier alpha value is -2.01. The molecule has 0 atom stereocenters. The van der Waals surface area contributed by atoms with E-state index in [2.05, 4.69) is 10.5 Å². The van der Waals surface area contributed by atoms with Crippen molar-refractivity contribution in [1.82, 2.24) is 0 Å². The third-order valence-corrected chi connectivity index (χ3v) is 3.05. The van der Waals surface area contributed by atoms with Gasteiger partial charge in [0.2, 0.25) is 0 Å². The van der Waals surface area contributed by atoms with Crippen LogP contribution in [0.3, 0.4) is 0 Å². The highest BCUT2D eigenvalue weighted by Crippen LogP contribution is 2.34. The standard InChI is InChI=1S/C15H12ClF3N2/c1-10(11-5-4-6-12(16)9-11)20-21-14-8-3-2-7-13(14)15(17,18)19/h2-9,21H,1H3. The predicted molar refractivity (Wildman–Crippen MR) is 78.7 cm³/mol. The summed E-state index contributed by atoms with van der Waals surface area (Å²) in [5.74, 6) is 0. The highest BCUT2D eigenvalue weighted by Gasteiger charge is 2.33. The van der Waals surface area contributed by atoms with Crippen molar-refractivity contribution in [3.05, 3.63) is 64.7 Å². The quantitative estimate of drug-likeness (QED) is 0.611. The van der Waals surface area contributed by atoms with E-state index in [4.69, 9.17) is 11.6 Å². The second-order valence-corrected chi connectivity index (χ2v) is 4.80. The maximum absolute atomic E-state index is 12.8. The van der Waals surface area contributed by atoms with Gasteiger partial charge in [-0.3, -0.25) is 5.43 Å². The Bertz CT molecular complexity index is 666. The molecule has 1 N–H and O–H groups in total. The number of benzene rings is 2. The van der Waals surface area contributed by atoms with Crippen molar-refractivity contribution >= 4 is 23.0 Å². The van der Waals surface area contributed by atoms with Crippen LogP contribution in [0.5, 0.6) is 0 Å². The number of rotatable bonds is 3. The van der Waals surface area contributed by atoms with Gasteiger partial charge in [0.1, 0.15) is 0 Å². The largest absolute Gasteiger partial charge is 0.418 e. The second-order valence-electron chi connectivity index (χ2n) is 4.36. The van der Waals surface area contributed by atoms with Gasteiger partial charge in [-0.1, -0.05) is 35.9 Å². The van der Waals surface area contributed by atoms with Crippen LogP contribution in [0.2, 0.25) is 5.02 Å². The van der Waals surface area contributed by atoms with Gasteiger partial charge < -0.3 is 0 Å². The van der Waals surface area contributed by atoms with Crippen molar-refractivity contribution in [2.24, 2.45) is 5.10 Å². The van der Waals surface area contributed by atoms with Crippen LogP contribution in [0.1, 0.15) is 18.1 Å². The molecule has 110 valence electrons. The van der Waals surface area contributed by atoms with Gasteiger partial charge in [0.25, 0.3) is 0 Å². The molecule has 0 aliphatic rings. The number of nitrogens with zero attached hydrogens (tertiary/aromatic N) is 1. The van der Waals surface area contributed by atoms with E-state index in [0.717, 1.165) is 11.6 Å². The molecular formula is C15H12ClF3N2. The number of hydrazone groups is 1. The Balaban J connectivity index is 2.25. The van der Waals surface area contributed by atoms with Gasteiger partial charge in [-0.25, -0.2) is 0 Å². The van der Waals surface area contributed by atoms with Crippen LogP contribution < -0.4 is 5.43 Å². The van der Waals surface area contributed by atoms with Gasteiger partial charge in [-0.2, -0.15) is 18.3 Å². The maximum Gasteiger partial charge on any atom is 0.418 e. The monoisotopic (exact) mass is 312 g/mol. The highest BCUT2D eigenvalue weighted by molar-refractivity contribution is 6.31. The molecule has 0 bridgehead atoms. The summed E-state index contributed by atoms with van der Waals surface area (Å²) in [7, 11) is 0. The summed E-state index contributed by atoms with van der Waals surface area (Å²) in [6.45, 7) is 1.69. The smallest absolute Gasteiger partial charge is 0.278 e. The highest BCUT2D eigenvalue weighted by atomic mass is 35.5. The summed E-state index contributed by atoms with van der Waals surface area (Å²) in [5, 5.41) is 4.53. The van der Waals surface area contributed by atoms with Crippen LogP contribution >= 0.6 is 11.6 Å². The predicted octanol–water partition coefficient (Wildman–Crippen LogP) is 5.19. The third kappa shape index (κ3) is 3.98. The summed E-state index contributed by atoms with van der Waals surface area (Å²) in [6, 6.07) is 12.1. The summed E-state index contributed by atoms with van der Waals surface area (Å²) in [6.07, 6.45) is -4.43. The van der Waals surface area contributed by atoms with E-state index in [-0.39, 0.29) is 5.69 Å². The number of anilines is 1. The Labute approximate surface area is 125 Å². The van der Waals surface area contributed by atoms with Crippen molar-refractivity contribution < 1.29 is 13.2 Å². The van der Waals surface area contributed by atoms with E-state index < -0.39 is 11.7 Å². The van der Waals surface area contributed by atoms with E-state index in [1.54, 1.807) is 31.2 Å². The Morgan fingerprint density at radius 2 is 1.81 bits per heavy atom. The van der Waals surface area contributed by atoms with Gasteiger partial charge in [0, 0.05) is 5.02 Å². The van der Waals surface area contributed by atoms with Gasteiger partial charge >= 0.3 is 6.18 Å². The van der Waals surface area contributed by atoms with Gasteiger partial charge in [0.05, 0.1) is 17.0 Å². The van der Waals surface area contributed by atoms with Crippen molar-refractivity contribution in [2.75, 3.05) is 5.43 Å². The zero-order valence-corrected chi connectivity index (χ0v) is 11.8. The molecule has 2 nitrogen and oxygen atoms in total. The van der Waals surface area contributed by atoms with Gasteiger partial charge in [-0.15, -0.1) is 0 Å². The molecular weight excluding hydrogens is 301 g/mol. The molecule has 0 amide bonds. The minimum Gasteiger partial charge on any atom is -0.278 e. The normalized spacial score (nSPS) is 12.3.